The third-order valence-corrected chi connectivity index (χ3v) is 7.86. The minimum atomic E-state index is -0.949. The Bertz CT molecular complexity index is 1770. The van der Waals surface area contributed by atoms with Crippen LogP contribution in [0, 0.1) is 5.41 Å². The summed E-state index contributed by atoms with van der Waals surface area (Å²) >= 11 is 0. The molecule has 2 amide bonds. The van der Waals surface area contributed by atoms with Crippen LogP contribution in [0.4, 0.5) is 5.69 Å². The molecule has 4 aromatic carbocycles. The molecule has 0 bridgehead atoms. The van der Waals surface area contributed by atoms with E-state index in [0.29, 0.717) is 23.6 Å². The number of amides is 2. The highest BCUT2D eigenvalue weighted by Crippen LogP contribution is 2.30. The molecule has 232 valence electrons. The van der Waals surface area contributed by atoms with Gasteiger partial charge < -0.3 is 21.4 Å². The van der Waals surface area contributed by atoms with Gasteiger partial charge in [0, 0.05) is 48.4 Å². The summed E-state index contributed by atoms with van der Waals surface area (Å²) in [5, 5.41) is 22.1. The molecular weight excluding hydrogens is 572 g/mol. The van der Waals surface area contributed by atoms with Gasteiger partial charge in [0.05, 0.1) is 0 Å². The van der Waals surface area contributed by atoms with Crippen molar-refractivity contribution >= 4 is 28.8 Å². The number of carbonyl (C=O) groups excluding carboxylic acids is 2. The lowest BCUT2D eigenvalue weighted by Gasteiger charge is -2.28. The van der Waals surface area contributed by atoms with Gasteiger partial charge in [-0.2, -0.15) is 5.10 Å². The third kappa shape index (κ3) is 7.65. The molecule has 8 heteroatoms. The lowest BCUT2D eigenvalue weighted by molar-refractivity contribution is -0.118. The number of hydrogen-bond acceptors (Lipinski definition) is 5. The van der Waals surface area contributed by atoms with E-state index in [0.717, 1.165) is 33.5 Å². The van der Waals surface area contributed by atoms with Crippen LogP contribution >= 0.6 is 0 Å². The maximum absolute atomic E-state index is 14.1. The van der Waals surface area contributed by atoms with E-state index in [2.05, 4.69) is 33.2 Å². The van der Waals surface area contributed by atoms with Gasteiger partial charge in [-0.05, 0) is 54.3 Å². The SMILES string of the molecule is CC(=N)/C(=C(/C)NCc1ccccc1)c1ccc(NC(=O)[C@@H](NC(=O)c2ccnn2C)C(c2ccccc2)c2ccccc2)cc1. The van der Waals surface area contributed by atoms with Crippen LogP contribution < -0.4 is 16.0 Å². The highest BCUT2D eigenvalue weighted by Gasteiger charge is 2.33. The van der Waals surface area contributed by atoms with Gasteiger partial charge in [0.2, 0.25) is 5.91 Å². The first-order valence-electron chi connectivity index (χ1n) is 15.2. The van der Waals surface area contributed by atoms with Crippen molar-refractivity contribution in [2.75, 3.05) is 5.32 Å². The molecule has 0 saturated carbocycles. The number of nitrogens with one attached hydrogen (secondary N) is 4. The Hall–Kier alpha value is -5.76. The second kappa shape index (κ2) is 14.8. The smallest absolute Gasteiger partial charge is 0.270 e. The number of aryl methyl sites for hydroxylation is 1. The Balaban J connectivity index is 1.43. The fraction of sp³-hybridized carbons (Fsp3) is 0.158. The zero-order valence-electron chi connectivity index (χ0n) is 26.2. The number of hydrogen-bond donors (Lipinski definition) is 4. The fourth-order valence-corrected chi connectivity index (χ4v) is 5.58. The third-order valence-electron chi connectivity index (χ3n) is 7.86. The second-order valence-corrected chi connectivity index (χ2v) is 11.1. The number of anilines is 1. The van der Waals surface area contributed by atoms with Crippen molar-refractivity contribution in [2.45, 2.75) is 32.4 Å². The predicted octanol–water partition coefficient (Wildman–Crippen LogP) is 6.55. The first-order valence-corrected chi connectivity index (χ1v) is 15.2. The zero-order valence-corrected chi connectivity index (χ0v) is 26.2. The Morgan fingerprint density at radius 1 is 0.783 bits per heavy atom. The molecule has 1 heterocycles. The highest BCUT2D eigenvalue weighted by atomic mass is 16.2. The van der Waals surface area contributed by atoms with Gasteiger partial charge in [0.15, 0.2) is 0 Å². The van der Waals surface area contributed by atoms with E-state index in [1.54, 1.807) is 26.2 Å². The van der Waals surface area contributed by atoms with Gasteiger partial charge in [-0.15, -0.1) is 0 Å². The summed E-state index contributed by atoms with van der Waals surface area (Å²) in [6.07, 6.45) is 1.55. The van der Waals surface area contributed by atoms with Gasteiger partial charge in [-0.1, -0.05) is 103 Å². The molecule has 5 aromatic rings. The average molecular weight is 611 g/mol. The van der Waals surface area contributed by atoms with E-state index < -0.39 is 17.9 Å². The van der Waals surface area contributed by atoms with Crippen molar-refractivity contribution < 1.29 is 9.59 Å². The maximum atomic E-state index is 14.1. The summed E-state index contributed by atoms with van der Waals surface area (Å²) in [6, 6.07) is 37.6. The predicted molar refractivity (Wildman–Crippen MR) is 184 cm³/mol. The van der Waals surface area contributed by atoms with Gasteiger partial charge in [-0.25, -0.2) is 0 Å². The number of benzene rings is 4. The maximum Gasteiger partial charge on any atom is 0.270 e. The summed E-state index contributed by atoms with van der Waals surface area (Å²) in [4.78, 5) is 27.6. The molecule has 0 unspecified atom stereocenters. The molecule has 0 fully saturated rings. The van der Waals surface area contributed by atoms with Gasteiger partial charge in [0.1, 0.15) is 11.7 Å². The van der Waals surface area contributed by atoms with Crippen LogP contribution in [-0.2, 0) is 18.4 Å². The molecule has 0 saturated heterocycles. The van der Waals surface area contributed by atoms with Gasteiger partial charge in [0.25, 0.3) is 5.91 Å². The van der Waals surface area contributed by atoms with E-state index in [-0.39, 0.29) is 5.91 Å². The molecule has 0 aliphatic rings. The molecule has 0 aliphatic carbocycles. The van der Waals surface area contributed by atoms with Crippen LogP contribution in [0.3, 0.4) is 0 Å². The lowest BCUT2D eigenvalue weighted by Crippen LogP contribution is -2.48. The number of carbonyl (C=O) groups is 2. The fourth-order valence-electron chi connectivity index (χ4n) is 5.58. The monoisotopic (exact) mass is 610 g/mol. The number of nitrogens with zero attached hydrogens (tertiary/aromatic N) is 2. The van der Waals surface area contributed by atoms with Gasteiger partial charge >= 0.3 is 0 Å². The van der Waals surface area contributed by atoms with Crippen LogP contribution in [0.1, 0.15) is 52.5 Å². The Morgan fingerprint density at radius 3 is 1.87 bits per heavy atom. The molecule has 1 atom stereocenters. The Kier molecular flexibility index (Phi) is 10.2. The average Bonchev–Trinajstić information content (AvgIpc) is 3.51. The minimum Gasteiger partial charge on any atom is -0.384 e. The van der Waals surface area contributed by atoms with Crippen LogP contribution in [0.5, 0.6) is 0 Å². The normalized spacial score (nSPS) is 12.2. The van der Waals surface area contributed by atoms with E-state index in [1.807, 2.05) is 110 Å². The summed E-state index contributed by atoms with van der Waals surface area (Å²) in [5.74, 6) is -1.23. The van der Waals surface area contributed by atoms with Crippen molar-refractivity contribution in [3.8, 4) is 0 Å². The Labute approximate surface area is 269 Å². The van der Waals surface area contributed by atoms with Crippen molar-refractivity contribution in [3.63, 3.8) is 0 Å². The van der Waals surface area contributed by atoms with Crippen molar-refractivity contribution in [1.82, 2.24) is 20.4 Å². The van der Waals surface area contributed by atoms with Gasteiger partial charge in [-0.3, -0.25) is 14.3 Å². The molecule has 8 nitrogen and oxygen atoms in total. The minimum absolute atomic E-state index is 0.347. The molecule has 5 rings (SSSR count). The number of allylic oxidation sites excluding steroid dienone is 2. The van der Waals surface area contributed by atoms with Crippen LogP contribution in [0.25, 0.3) is 5.57 Å². The quantitative estimate of drug-likeness (QED) is 0.120. The first kappa shape index (κ1) is 31.7. The molecule has 4 N–H and O–H groups in total. The van der Waals surface area contributed by atoms with Crippen LogP contribution in [-0.4, -0.2) is 33.3 Å². The van der Waals surface area contributed by atoms with Crippen LogP contribution in [0.2, 0.25) is 0 Å². The molecule has 0 spiro atoms. The molecule has 1 aromatic heterocycles. The summed E-state index contributed by atoms with van der Waals surface area (Å²) in [5.41, 5.74) is 6.83. The number of rotatable bonds is 12. The zero-order chi connectivity index (χ0) is 32.5. The van der Waals surface area contributed by atoms with E-state index in [9.17, 15) is 9.59 Å². The molecule has 46 heavy (non-hydrogen) atoms. The highest BCUT2D eigenvalue weighted by molar-refractivity contribution is 6.22. The molecule has 0 radical (unpaired) electrons. The van der Waals surface area contributed by atoms with E-state index >= 15 is 0 Å². The largest absolute Gasteiger partial charge is 0.384 e. The van der Waals surface area contributed by atoms with Crippen molar-refractivity contribution in [2.24, 2.45) is 7.05 Å². The van der Waals surface area contributed by atoms with E-state index in [4.69, 9.17) is 5.41 Å². The van der Waals surface area contributed by atoms with E-state index in [1.165, 1.54) is 4.68 Å². The molecular formula is C38H38N6O2. The molecule has 0 aliphatic heterocycles. The number of aromatic nitrogens is 2. The summed E-state index contributed by atoms with van der Waals surface area (Å²) in [7, 11) is 1.69. The second-order valence-electron chi connectivity index (χ2n) is 11.1. The topological polar surface area (TPSA) is 112 Å². The summed E-state index contributed by atoms with van der Waals surface area (Å²) < 4.78 is 1.48. The van der Waals surface area contributed by atoms with Crippen molar-refractivity contribution in [1.29, 1.82) is 5.41 Å². The van der Waals surface area contributed by atoms with Crippen molar-refractivity contribution in [3.05, 3.63) is 161 Å². The summed E-state index contributed by atoms with van der Waals surface area (Å²) in [6.45, 7) is 4.38. The standard InChI is InChI=1S/C38H38N6O2/c1-26(39)34(27(2)40-25-28-13-7-4-8-14-28)31-19-21-32(22-20-31)42-38(46)36(43-37(45)33-23-24-41-44(33)3)35(29-15-9-5-10-16-29)30-17-11-6-12-18-30/h4-24,35-36,39-40H,25H2,1-3H3,(H,42,46)(H,43,45)/b34-27+,39-26?/t36-/m0/s1. The Morgan fingerprint density at radius 2 is 1.35 bits per heavy atom. The lowest BCUT2D eigenvalue weighted by atomic mass is 9.84. The van der Waals surface area contributed by atoms with Crippen LogP contribution in [0.15, 0.2) is 133 Å². The first-order chi connectivity index (χ1) is 22.3.